The number of amides is 1. The minimum absolute atomic E-state index is 0.0208. The van der Waals surface area contributed by atoms with E-state index in [0.717, 1.165) is 6.07 Å². The monoisotopic (exact) mass is 253 g/mol. The first kappa shape index (κ1) is 12.3. The molecule has 1 saturated heterocycles. The zero-order valence-corrected chi connectivity index (χ0v) is 9.52. The highest BCUT2D eigenvalue weighted by molar-refractivity contribution is 5.89. The van der Waals surface area contributed by atoms with Crippen molar-refractivity contribution >= 4 is 17.7 Å². The Bertz CT molecular complexity index is 492. The van der Waals surface area contributed by atoms with Gasteiger partial charge < -0.3 is 15.3 Å². The second kappa shape index (κ2) is 4.99. The zero-order valence-electron chi connectivity index (χ0n) is 9.52. The maximum Gasteiger partial charge on any atom is 0.338 e. The molecule has 0 radical (unpaired) electrons. The molecule has 2 rings (SSSR count). The average molecular weight is 253 g/mol. The molecule has 2 heterocycles. The highest BCUT2D eigenvalue weighted by Crippen LogP contribution is 2.20. The molecule has 1 aliphatic rings. The Morgan fingerprint density at radius 3 is 3.06 bits per heavy atom. The summed E-state index contributed by atoms with van der Waals surface area (Å²) in [5, 5.41) is 11.5. The lowest BCUT2D eigenvalue weighted by atomic mass is 10.2. The molecule has 0 unspecified atom stereocenters. The van der Waals surface area contributed by atoms with E-state index < -0.39 is 17.3 Å². The number of anilines is 1. The summed E-state index contributed by atoms with van der Waals surface area (Å²) in [6, 6.07) is 1.10. The van der Waals surface area contributed by atoms with E-state index in [0.29, 0.717) is 19.5 Å². The lowest BCUT2D eigenvalue weighted by Crippen LogP contribution is -2.34. The van der Waals surface area contributed by atoms with Crippen molar-refractivity contribution in [3.63, 3.8) is 0 Å². The van der Waals surface area contributed by atoms with E-state index in [2.05, 4.69) is 10.3 Å². The standard InChI is InChI=1S/C11H12FN3O3/c12-9-7(11(17)18)2-4-14-10(9)15-5-1-3-13-8(16)6-15/h2,4H,1,3,5-6H2,(H,13,16)(H,17,18). The maximum atomic E-state index is 14.0. The second-order valence-electron chi connectivity index (χ2n) is 3.93. The van der Waals surface area contributed by atoms with Gasteiger partial charge in [-0.05, 0) is 12.5 Å². The van der Waals surface area contributed by atoms with Gasteiger partial charge in [0.25, 0.3) is 0 Å². The quantitative estimate of drug-likeness (QED) is 0.789. The molecule has 0 saturated carbocycles. The van der Waals surface area contributed by atoms with Gasteiger partial charge >= 0.3 is 5.97 Å². The summed E-state index contributed by atoms with van der Waals surface area (Å²) in [4.78, 5) is 27.5. The van der Waals surface area contributed by atoms with E-state index in [-0.39, 0.29) is 18.3 Å². The molecular formula is C11H12FN3O3. The zero-order chi connectivity index (χ0) is 13.1. The van der Waals surface area contributed by atoms with Gasteiger partial charge in [-0.15, -0.1) is 0 Å². The number of hydrogen-bond donors (Lipinski definition) is 2. The topological polar surface area (TPSA) is 82.5 Å². The average Bonchev–Trinajstić information content (AvgIpc) is 2.53. The predicted octanol–water partition coefficient (Wildman–Crippen LogP) is 0.245. The second-order valence-corrected chi connectivity index (χ2v) is 3.93. The lowest BCUT2D eigenvalue weighted by Gasteiger charge is -2.20. The van der Waals surface area contributed by atoms with Gasteiger partial charge in [0.15, 0.2) is 11.6 Å². The third-order valence-electron chi connectivity index (χ3n) is 2.66. The fraction of sp³-hybridized carbons (Fsp3) is 0.364. The van der Waals surface area contributed by atoms with Crippen LogP contribution in [0, 0.1) is 5.82 Å². The molecule has 1 aromatic rings. The Morgan fingerprint density at radius 1 is 1.56 bits per heavy atom. The Morgan fingerprint density at radius 2 is 2.33 bits per heavy atom. The van der Waals surface area contributed by atoms with Gasteiger partial charge in [-0.1, -0.05) is 0 Å². The number of carbonyl (C=O) groups is 2. The molecule has 96 valence electrons. The Kier molecular flexibility index (Phi) is 3.40. The molecule has 0 aromatic carbocycles. The van der Waals surface area contributed by atoms with E-state index in [9.17, 15) is 14.0 Å². The van der Waals surface area contributed by atoms with Crippen LogP contribution in [0.1, 0.15) is 16.8 Å². The third-order valence-corrected chi connectivity index (χ3v) is 2.66. The number of nitrogens with zero attached hydrogens (tertiary/aromatic N) is 2. The van der Waals surface area contributed by atoms with Crippen LogP contribution in [-0.2, 0) is 4.79 Å². The molecule has 7 heteroatoms. The molecule has 0 spiro atoms. The summed E-state index contributed by atoms with van der Waals surface area (Å²) in [5.41, 5.74) is -0.440. The molecule has 1 aliphatic heterocycles. The van der Waals surface area contributed by atoms with Gasteiger partial charge in [0, 0.05) is 19.3 Å². The summed E-state index contributed by atoms with van der Waals surface area (Å²) in [6.07, 6.45) is 1.88. The molecule has 2 N–H and O–H groups in total. The number of nitrogens with one attached hydrogen (secondary N) is 1. The number of pyridine rings is 1. The van der Waals surface area contributed by atoms with Gasteiger partial charge in [-0.2, -0.15) is 0 Å². The summed E-state index contributed by atoms with van der Waals surface area (Å²) >= 11 is 0. The van der Waals surface area contributed by atoms with Crippen molar-refractivity contribution in [3.8, 4) is 0 Å². The van der Waals surface area contributed by atoms with E-state index in [1.54, 1.807) is 0 Å². The van der Waals surface area contributed by atoms with Crippen LogP contribution in [0.5, 0.6) is 0 Å². The third kappa shape index (κ3) is 2.39. The number of carbonyl (C=O) groups excluding carboxylic acids is 1. The fourth-order valence-corrected chi connectivity index (χ4v) is 1.81. The van der Waals surface area contributed by atoms with E-state index in [1.165, 1.54) is 11.1 Å². The minimum Gasteiger partial charge on any atom is -0.478 e. The molecule has 1 fully saturated rings. The highest BCUT2D eigenvalue weighted by Gasteiger charge is 2.22. The van der Waals surface area contributed by atoms with Gasteiger partial charge in [-0.25, -0.2) is 14.2 Å². The van der Waals surface area contributed by atoms with Crippen LogP contribution in [0.4, 0.5) is 10.2 Å². The van der Waals surface area contributed by atoms with E-state index in [1.807, 2.05) is 0 Å². The van der Waals surface area contributed by atoms with Crippen molar-refractivity contribution in [2.45, 2.75) is 6.42 Å². The minimum atomic E-state index is -1.35. The van der Waals surface area contributed by atoms with Crippen molar-refractivity contribution in [1.82, 2.24) is 10.3 Å². The normalized spacial score (nSPS) is 16.1. The van der Waals surface area contributed by atoms with Crippen molar-refractivity contribution < 1.29 is 19.1 Å². The molecule has 6 nitrogen and oxygen atoms in total. The number of halogens is 1. The number of aromatic nitrogens is 1. The maximum absolute atomic E-state index is 14.0. The lowest BCUT2D eigenvalue weighted by molar-refractivity contribution is -0.119. The summed E-state index contributed by atoms with van der Waals surface area (Å²) < 4.78 is 14.0. The molecule has 18 heavy (non-hydrogen) atoms. The van der Waals surface area contributed by atoms with Gasteiger partial charge in [0.05, 0.1) is 6.54 Å². The predicted molar refractivity (Wildman–Crippen MR) is 61.0 cm³/mol. The Balaban J connectivity index is 2.35. The van der Waals surface area contributed by atoms with E-state index in [4.69, 9.17) is 5.11 Å². The molecule has 0 aliphatic carbocycles. The van der Waals surface area contributed by atoms with Gasteiger partial charge in [0.2, 0.25) is 5.91 Å². The van der Waals surface area contributed by atoms with Crippen molar-refractivity contribution in [2.24, 2.45) is 0 Å². The first-order chi connectivity index (χ1) is 8.59. The van der Waals surface area contributed by atoms with Crippen LogP contribution < -0.4 is 10.2 Å². The molecule has 1 amide bonds. The Hall–Kier alpha value is -2.18. The van der Waals surface area contributed by atoms with Crippen LogP contribution in [0.15, 0.2) is 12.3 Å². The molecule has 0 bridgehead atoms. The number of hydrogen-bond acceptors (Lipinski definition) is 4. The fourth-order valence-electron chi connectivity index (χ4n) is 1.81. The Labute approximate surface area is 102 Å². The molecule has 1 aromatic heterocycles. The first-order valence-electron chi connectivity index (χ1n) is 5.49. The van der Waals surface area contributed by atoms with Crippen LogP contribution in [-0.4, -0.2) is 41.6 Å². The SMILES string of the molecule is O=C1CN(c2nccc(C(=O)O)c2F)CCCN1. The number of aromatic carboxylic acids is 1. The summed E-state index contributed by atoms with van der Waals surface area (Å²) in [7, 11) is 0. The highest BCUT2D eigenvalue weighted by atomic mass is 19.1. The molecular weight excluding hydrogens is 241 g/mol. The van der Waals surface area contributed by atoms with Crippen molar-refractivity contribution in [2.75, 3.05) is 24.5 Å². The van der Waals surface area contributed by atoms with Crippen molar-refractivity contribution in [3.05, 3.63) is 23.6 Å². The van der Waals surface area contributed by atoms with Crippen LogP contribution >= 0.6 is 0 Å². The van der Waals surface area contributed by atoms with Crippen LogP contribution in [0.2, 0.25) is 0 Å². The van der Waals surface area contributed by atoms with Gasteiger partial charge in [0.1, 0.15) is 5.56 Å². The number of carboxylic acids is 1. The summed E-state index contributed by atoms with van der Waals surface area (Å²) in [6.45, 7) is 0.953. The van der Waals surface area contributed by atoms with Crippen molar-refractivity contribution in [1.29, 1.82) is 0 Å². The van der Waals surface area contributed by atoms with E-state index >= 15 is 0 Å². The summed E-state index contributed by atoms with van der Waals surface area (Å²) in [5.74, 6) is -2.57. The molecule has 0 atom stereocenters. The smallest absolute Gasteiger partial charge is 0.338 e. The first-order valence-corrected chi connectivity index (χ1v) is 5.49. The van der Waals surface area contributed by atoms with Crippen LogP contribution in [0.3, 0.4) is 0 Å². The number of rotatable bonds is 2. The number of carboxylic acid groups (broad SMARTS) is 1. The van der Waals surface area contributed by atoms with Crippen LogP contribution in [0.25, 0.3) is 0 Å². The largest absolute Gasteiger partial charge is 0.478 e. The van der Waals surface area contributed by atoms with Gasteiger partial charge in [-0.3, -0.25) is 4.79 Å².